The maximum atomic E-state index is 5.87. The Morgan fingerprint density at radius 2 is 2.00 bits per heavy atom. The molecule has 0 aromatic heterocycles. The Morgan fingerprint density at radius 1 is 1.22 bits per heavy atom. The number of ether oxygens (including phenoxy) is 1. The monoisotopic (exact) mass is 248 g/mol. The fourth-order valence-electron chi connectivity index (χ4n) is 2.16. The molecule has 2 N–H and O–H groups in total. The van der Waals surface area contributed by atoms with E-state index >= 15 is 0 Å². The zero-order chi connectivity index (χ0) is 13.0. The summed E-state index contributed by atoms with van der Waals surface area (Å²) >= 11 is 0. The molecule has 3 heteroatoms. The van der Waals surface area contributed by atoms with Gasteiger partial charge in [-0.1, -0.05) is 18.2 Å². The minimum absolute atomic E-state index is 0.196. The van der Waals surface area contributed by atoms with Crippen LogP contribution in [0.2, 0.25) is 0 Å². The van der Waals surface area contributed by atoms with E-state index in [1.807, 2.05) is 6.07 Å². The lowest BCUT2D eigenvalue weighted by atomic mass is 10.1. The quantitative estimate of drug-likeness (QED) is 0.782. The van der Waals surface area contributed by atoms with Crippen molar-refractivity contribution in [2.24, 2.45) is 0 Å². The highest BCUT2D eigenvalue weighted by Gasteiger charge is 2.21. The van der Waals surface area contributed by atoms with Gasteiger partial charge in [0.1, 0.15) is 11.9 Å². The van der Waals surface area contributed by atoms with Crippen LogP contribution in [0.5, 0.6) is 5.75 Å². The highest BCUT2D eigenvalue weighted by molar-refractivity contribution is 5.37. The van der Waals surface area contributed by atoms with Gasteiger partial charge in [-0.2, -0.15) is 0 Å². The minimum Gasteiger partial charge on any atom is -0.488 e. The van der Waals surface area contributed by atoms with Gasteiger partial charge in [0.15, 0.2) is 0 Å². The third-order valence-corrected chi connectivity index (χ3v) is 3.04. The van der Waals surface area contributed by atoms with E-state index < -0.39 is 0 Å². The van der Waals surface area contributed by atoms with E-state index in [9.17, 15) is 0 Å². The molecule has 1 aromatic carbocycles. The van der Waals surface area contributed by atoms with Crippen LogP contribution in [-0.2, 0) is 6.42 Å². The van der Waals surface area contributed by atoms with Gasteiger partial charge in [-0.05, 0) is 32.4 Å². The van der Waals surface area contributed by atoms with E-state index in [1.54, 1.807) is 0 Å². The van der Waals surface area contributed by atoms with Crippen LogP contribution in [0.4, 0.5) is 0 Å². The van der Waals surface area contributed by atoms with Crippen molar-refractivity contribution in [2.45, 2.75) is 38.8 Å². The Balaban J connectivity index is 1.63. The third kappa shape index (κ3) is 4.00. The van der Waals surface area contributed by atoms with Gasteiger partial charge in [0.2, 0.25) is 0 Å². The molecule has 0 aliphatic carbocycles. The molecule has 1 heterocycles. The summed E-state index contributed by atoms with van der Waals surface area (Å²) in [6.45, 7) is 9.44. The zero-order valence-corrected chi connectivity index (χ0v) is 11.6. The van der Waals surface area contributed by atoms with Crippen molar-refractivity contribution in [3.8, 4) is 5.75 Å². The minimum atomic E-state index is 0.196. The lowest BCUT2D eigenvalue weighted by Gasteiger charge is -2.21. The summed E-state index contributed by atoms with van der Waals surface area (Å²) < 4.78 is 5.87. The van der Waals surface area contributed by atoms with Gasteiger partial charge in [-0.3, -0.25) is 0 Å². The fourth-order valence-corrected chi connectivity index (χ4v) is 2.16. The maximum absolute atomic E-state index is 5.87. The van der Waals surface area contributed by atoms with Gasteiger partial charge in [0, 0.05) is 31.6 Å². The normalized spacial score (nSPS) is 18.5. The van der Waals surface area contributed by atoms with Gasteiger partial charge in [-0.15, -0.1) is 0 Å². The topological polar surface area (TPSA) is 33.3 Å². The van der Waals surface area contributed by atoms with E-state index in [0.717, 1.165) is 31.8 Å². The SMILES string of the molecule is CC(C)(C)NCCNCC1Cc2ccccc2O1. The summed E-state index contributed by atoms with van der Waals surface area (Å²) in [5, 5.41) is 6.91. The molecule has 3 nitrogen and oxygen atoms in total. The number of fused-ring (bicyclic) bond motifs is 1. The van der Waals surface area contributed by atoms with Crippen LogP contribution >= 0.6 is 0 Å². The Kier molecular flexibility index (Phi) is 4.25. The third-order valence-electron chi connectivity index (χ3n) is 3.04. The Hall–Kier alpha value is -1.06. The summed E-state index contributed by atoms with van der Waals surface area (Å²) in [5.74, 6) is 1.05. The van der Waals surface area contributed by atoms with E-state index in [4.69, 9.17) is 4.74 Å². The Bertz CT molecular complexity index is 359. The largest absolute Gasteiger partial charge is 0.488 e. The van der Waals surface area contributed by atoms with Crippen LogP contribution in [0.1, 0.15) is 26.3 Å². The van der Waals surface area contributed by atoms with Gasteiger partial charge < -0.3 is 15.4 Å². The molecule has 18 heavy (non-hydrogen) atoms. The number of nitrogens with one attached hydrogen (secondary N) is 2. The molecule has 100 valence electrons. The van der Waals surface area contributed by atoms with Crippen LogP contribution in [0.15, 0.2) is 24.3 Å². The Morgan fingerprint density at radius 3 is 2.72 bits per heavy atom. The molecule has 2 rings (SSSR count). The van der Waals surface area contributed by atoms with Gasteiger partial charge in [-0.25, -0.2) is 0 Å². The van der Waals surface area contributed by atoms with Crippen molar-refractivity contribution in [1.82, 2.24) is 10.6 Å². The van der Waals surface area contributed by atoms with Crippen molar-refractivity contribution in [3.05, 3.63) is 29.8 Å². The van der Waals surface area contributed by atoms with E-state index in [0.29, 0.717) is 0 Å². The first-order valence-electron chi connectivity index (χ1n) is 6.75. The zero-order valence-electron chi connectivity index (χ0n) is 11.6. The molecule has 1 atom stereocenters. The second-order valence-corrected chi connectivity index (χ2v) is 5.93. The molecule has 0 saturated heterocycles. The molecule has 0 amide bonds. The molecule has 0 fully saturated rings. The standard InChI is InChI=1S/C15H24N2O/c1-15(2,3)17-9-8-16-11-13-10-12-6-4-5-7-14(12)18-13/h4-7,13,16-17H,8-11H2,1-3H3. The van der Waals surface area contributed by atoms with Crippen molar-refractivity contribution >= 4 is 0 Å². The first kappa shape index (κ1) is 13.4. The van der Waals surface area contributed by atoms with E-state index in [1.165, 1.54) is 5.56 Å². The first-order valence-corrected chi connectivity index (χ1v) is 6.75. The fraction of sp³-hybridized carbons (Fsp3) is 0.600. The molecule has 0 saturated carbocycles. The second-order valence-electron chi connectivity index (χ2n) is 5.93. The summed E-state index contributed by atoms with van der Waals surface area (Å²) in [5.41, 5.74) is 1.53. The molecule has 0 spiro atoms. The molecular weight excluding hydrogens is 224 g/mol. The molecule has 1 unspecified atom stereocenters. The molecular formula is C15H24N2O. The van der Waals surface area contributed by atoms with Crippen LogP contribution in [0.3, 0.4) is 0 Å². The predicted molar refractivity (Wildman–Crippen MR) is 75.2 cm³/mol. The van der Waals surface area contributed by atoms with Crippen molar-refractivity contribution in [2.75, 3.05) is 19.6 Å². The van der Waals surface area contributed by atoms with Crippen molar-refractivity contribution < 1.29 is 4.74 Å². The molecule has 1 aromatic rings. The lowest BCUT2D eigenvalue weighted by molar-refractivity contribution is 0.227. The first-order chi connectivity index (χ1) is 8.54. The number of benzene rings is 1. The number of hydrogen-bond acceptors (Lipinski definition) is 3. The maximum Gasteiger partial charge on any atom is 0.123 e. The van der Waals surface area contributed by atoms with Crippen LogP contribution in [0, 0.1) is 0 Å². The number of para-hydroxylation sites is 1. The summed E-state index contributed by atoms with van der Waals surface area (Å²) in [6.07, 6.45) is 1.31. The van der Waals surface area contributed by atoms with E-state index in [2.05, 4.69) is 49.6 Å². The van der Waals surface area contributed by atoms with Crippen LogP contribution in [-0.4, -0.2) is 31.3 Å². The van der Waals surface area contributed by atoms with Gasteiger partial charge in [0.05, 0.1) is 0 Å². The van der Waals surface area contributed by atoms with Crippen LogP contribution < -0.4 is 15.4 Å². The Labute approximate surface area is 110 Å². The average molecular weight is 248 g/mol. The molecule has 0 radical (unpaired) electrons. The highest BCUT2D eigenvalue weighted by atomic mass is 16.5. The average Bonchev–Trinajstić information content (AvgIpc) is 2.69. The van der Waals surface area contributed by atoms with Crippen molar-refractivity contribution in [3.63, 3.8) is 0 Å². The summed E-state index contributed by atoms with van der Waals surface area (Å²) in [6, 6.07) is 8.31. The molecule has 1 aliphatic heterocycles. The van der Waals surface area contributed by atoms with E-state index in [-0.39, 0.29) is 11.6 Å². The predicted octanol–water partition coefficient (Wildman–Crippen LogP) is 1.97. The summed E-state index contributed by atoms with van der Waals surface area (Å²) in [7, 11) is 0. The van der Waals surface area contributed by atoms with Crippen molar-refractivity contribution in [1.29, 1.82) is 0 Å². The number of rotatable bonds is 5. The highest BCUT2D eigenvalue weighted by Crippen LogP contribution is 2.27. The second kappa shape index (κ2) is 5.72. The lowest BCUT2D eigenvalue weighted by Crippen LogP contribution is -2.41. The smallest absolute Gasteiger partial charge is 0.123 e. The van der Waals surface area contributed by atoms with Gasteiger partial charge >= 0.3 is 0 Å². The summed E-state index contributed by atoms with van der Waals surface area (Å²) in [4.78, 5) is 0. The molecule has 1 aliphatic rings. The number of hydrogen-bond donors (Lipinski definition) is 2. The molecule has 0 bridgehead atoms. The van der Waals surface area contributed by atoms with Gasteiger partial charge in [0.25, 0.3) is 0 Å². The van der Waals surface area contributed by atoms with Crippen LogP contribution in [0.25, 0.3) is 0 Å².